The lowest BCUT2D eigenvalue weighted by Crippen LogP contribution is -1.84. The molecule has 2 nitrogen and oxygen atoms in total. The molecule has 16 heavy (non-hydrogen) atoms. The van der Waals surface area contributed by atoms with Crippen molar-refractivity contribution in [1.29, 1.82) is 0 Å². The van der Waals surface area contributed by atoms with Crippen LogP contribution >= 0.6 is 15.9 Å². The van der Waals surface area contributed by atoms with Gasteiger partial charge in [-0.2, -0.15) is 0 Å². The van der Waals surface area contributed by atoms with Crippen molar-refractivity contribution >= 4 is 27.8 Å². The SMILES string of the molecule is COc1ccc(/C=C/C=C/C(C)=O)cc1Br. The van der Waals surface area contributed by atoms with Crippen LogP contribution in [0.1, 0.15) is 12.5 Å². The Hall–Kier alpha value is -1.35. The van der Waals surface area contributed by atoms with E-state index in [1.54, 1.807) is 13.2 Å². The van der Waals surface area contributed by atoms with Crippen LogP contribution in [0.3, 0.4) is 0 Å². The topological polar surface area (TPSA) is 26.3 Å². The Balaban J connectivity index is 2.75. The van der Waals surface area contributed by atoms with Crippen LogP contribution in [0, 0.1) is 0 Å². The van der Waals surface area contributed by atoms with E-state index in [-0.39, 0.29) is 5.78 Å². The Morgan fingerprint density at radius 2 is 2.12 bits per heavy atom. The summed E-state index contributed by atoms with van der Waals surface area (Å²) < 4.78 is 6.04. The predicted molar refractivity (Wildman–Crippen MR) is 69.5 cm³/mol. The third-order valence-electron chi connectivity index (χ3n) is 1.91. The number of methoxy groups -OCH3 is 1. The summed E-state index contributed by atoms with van der Waals surface area (Å²) in [4.78, 5) is 10.6. The molecule has 0 bridgehead atoms. The van der Waals surface area contributed by atoms with Gasteiger partial charge in [0, 0.05) is 0 Å². The summed E-state index contributed by atoms with van der Waals surface area (Å²) in [6.07, 6.45) is 6.99. The quantitative estimate of drug-likeness (QED) is 0.622. The van der Waals surface area contributed by atoms with Crippen molar-refractivity contribution < 1.29 is 9.53 Å². The summed E-state index contributed by atoms with van der Waals surface area (Å²) in [7, 11) is 1.63. The lowest BCUT2D eigenvalue weighted by Gasteiger charge is -2.02. The maximum absolute atomic E-state index is 10.6. The van der Waals surface area contributed by atoms with E-state index in [0.717, 1.165) is 15.8 Å². The van der Waals surface area contributed by atoms with Crippen molar-refractivity contribution in [2.45, 2.75) is 6.92 Å². The third-order valence-corrected chi connectivity index (χ3v) is 2.53. The number of hydrogen-bond acceptors (Lipinski definition) is 2. The van der Waals surface area contributed by atoms with E-state index in [9.17, 15) is 4.79 Å². The van der Waals surface area contributed by atoms with Gasteiger partial charge in [-0.15, -0.1) is 0 Å². The molecule has 0 aliphatic heterocycles. The van der Waals surface area contributed by atoms with E-state index in [1.165, 1.54) is 13.0 Å². The van der Waals surface area contributed by atoms with Gasteiger partial charge in [0.2, 0.25) is 0 Å². The molecule has 1 rings (SSSR count). The van der Waals surface area contributed by atoms with Gasteiger partial charge >= 0.3 is 0 Å². The van der Waals surface area contributed by atoms with E-state index < -0.39 is 0 Å². The van der Waals surface area contributed by atoms with E-state index in [0.29, 0.717) is 0 Å². The molecule has 0 aromatic heterocycles. The molecule has 0 saturated heterocycles. The molecule has 0 spiro atoms. The smallest absolute Gasteiger partial charge is 0.152 e. The summed E-state index contributed by atoms with van der Waals surface area (Å²) in [6, 6.07) is 5.79. The molecule has 0 radical (unpaired) electrons. The normalized spacial score (nSPS) is 11.2. The van der Waals surface area contributed by atoms with Crippen molar-refractivity contribution in [1.82, 2.24) is 0 Å². The number of carbonyl (C=O) groups excluding carboxylic acids is 1. The lowest BCUT2D eigenvalue weighted by atomic mass is 10.2. The third kappa shape index (κ3) is 4.03. The molecule has 1 aromatic rings. The van der Waals surface area contributed by atoms with Crippen LogP contribution in [0.25, 0.3) is 6.08 Å². The van der Waals surface area contributed by atoms with Gasteiger partial charge < -0.3 is 4.74 Å². The van der Waals surface area contributed by atoms with Gasteiger partial charge in [0.15, 0.2) is 5.78 Å². The first-order valence-corrected chi connectivity index (χ1v) is 5.61. The van der Waals surface area contributed by atoms with E-state index in [1.807, 2.05) is 30.4 Å². The average Bonchev–Trinajstić information content (AvgIpc) is 2.24. The molecule has 84 valence electrons. The Morgan fingerprint density at radius 1 is 1.38 bits per heavy atom. The molecule has 0 aliphatic carbocycles. The highest BCUT2D eigenvalue weighted by Gasteiger charge is 1.98. The number of allylic oxidation sites excluding steroid dienone is 3. The van der Waals surface area contributed by atoms with Gasteiger partial charge in [0.25, 0.3) is 0 Å². The highest BCUT2D eigenvalue weighted by atomic mass is 79.9. The fraction of sp³-hybridized carbons (Fsp3) is 0.154. The molecular formula is C13H13BrO2. The second-order valence-electron chi connectivity index (χ2n) is 3.22. The lowest BCUT2D eigenvalue weighted by molar-refractivity contribution is -0.112. The zero-order valence-electron chi connectivity index (χ0n) is 9.24. The van der Waals surface area contributed by atoms with Crippen molar-refractivity contribution in [3.63, 3.8) is 0 Å². The van der Waals surface area contributed by atoms with Crippen LogP contribution < -0.4 is 4.74 Å². The van der Waals surface area contributed by atoms with Crippen molar-refractivity contribution in [3.8, 4) is 5.75 Å². The first kappa shape index (κ1) is 12.7. The van der Waals surface area contributed by atoms with Crippen LogP contribution in [0.2, 0.25) is 0 Å². The number of halogens is 1. The molecule has 0 aliphatic rings. The Bertz CT molecular complexity index is 434. The van der Waals surface area contributed by atoms with Crippen LogP contribution in [-0.2, 0) is 4.79 Å². The molecule has 1 aromatic carbocycles. The summed E-state index contributed by atoms with van der Waals surface area (Å²) in [6.45, 7) is 1.52. The zero-order chi connectivity index (χ0) is 12.0. The summed E-state index contributed by atoms with van der Waals surface area (Å²) in [5.74, 6) is 0.844. The molecule has 0 heterocycles. The van der Waals surface area contributed by atoms with Gasteiger partial charge in [-0.25, -0.2) is 0 Å². The van der Waals surface area contributed by atoms with Gasteiger partial charge in [0.1, 0.15) is 5.75 Å². The number of hydrogen-bond donors (Lipinski definition) is 0. The first-order valence-electron chi connectivity index (χ1n) is 4.82. The molecule has 0 saturated carbocycles. The van der Waals surface area contributed by atoms with Crippen LogP contribution in [-0.4, -0.2) is 12.9 Å². The summed E-state index contributed by atoms with van der Waals surface area (Å²) in [5.41, 5.74) is 1.04. The highest BCUT2D eigenvalue weighted by Crippen LogP contribution is 2.25. The Labute approximate surface area is 104 Å². The van der Waals surface area contributed by atoms with E-state index in [2.05, 4.69) is 15.9 Å². The molecule has 0 unspecified atom stereocenters. The summed E-state index contributed by atoms with van der Waals surface area (Å²) in [5, 5.41) is 0. The number of rotatable bonds is 4. The van der Waals surface area contributed by atoms with Crippen molar-refractivity contribution in [3.05, 3.63) is 46.5 Å². The second kappa shape index (κ2) is 6.28. The maximum atomic E-state index is 10.6. The van der Waals surface area contributed by atoms with Crippen molar-refractivity contribution in [2.24, 2.45) is 0 Å². The largest absolute Gasteiger partial charge is 0.496 e. The minimum absolute atomic E-state index is 0.0422. The molecule has 0 amide bonds. The molecule has 0 atom stereocenters. The fourth-order valence-electron chi connectivity index (χ4n) is 1.14. The number of carbonyl (C=O) groups is 1. The Kier molecular flexibility index (Phi) is 4.99. The van der Waals surface area contributed by atoms with Gasteiger partial charge in [0.05, 0.1) is 11.6 Å². The second-order valence-corrected chi connectivity index (χ2v) is 4.08. The van der Waals surface area contributed by atoms with Gasteiger partial charge in [-0.3, -0.25) is 4.79 Å². The average molecular weight is 281 g/mol. The Morgan fingerprint density at radius 3 is 2.69 bits per heavy atom. The van der Waals surface area contributed by atoms with E-state index >= 15 is 0 Å². The van der Waals surface area contributed by atoms with Crippen LogP contribution in [0.15, 0.2) is 40.9 Å². The minimum Gasteiger partial charge on any atom is -0.496 e. The molecule has 0 N–H and O–H groups in total. The minimum atomic E-state index is 0.0422. The van der Waals surface area contributed by atoms with Crippen LogP contribution in [0.4, 0.5) is 0 Å². The van der Waals surface area contributed by atoms with Crippen molar-refractivity contribution in [2.75, 3.05) is 7.11 Å². The number of benzene rings is 1. The standard InChI is InChI=1S/C13H13BrO2/c1-10(15)5-3-4-6-11-7-8-13(16-2)12(14)9-11/h3-9H,1-2H3/b5-3+,6-4+. The molecule has 0 fully saturated rings. The number of ketones is 1. The zero-order valence-corrected chi connectivity index (χ0v) is 10.8. The van der Waals surface area contributed by atoms with Gasteiger partial charge in [-0.05, 0) is 46.6 Å². The first-order chi connectivity index (χ1) is 7.63. The summed E-state index contributed by atoms with van der Waals surface area (Å²) >= 11 is 3.41. The number of ether oxygens (including phenoxy) is 1. The van der Waals surface area contributed by atoms with Crippen LogP contribution in [0.5, 0.6) is 5.75 Å². The fourth-order valence-corrected chi connectivity index (χ4v) is 1.70. The van der Waals surface area contributed by atoms with E-state index in [4.69, 9.17) is 4.74 Å². The predicted octanol–water partition coefficient (Wildman–Crippen LogP) is 3.62. The monoisotopic (exact) mass is 280 g/mol. The highest BCUT2D eigenvalue weighted by molar-refractivity contribution is 9.10. The molecule has 3 heteroatoms. The maximum Gasteiger partial charge on any atom is 0.152 e. The molecular weight excluding hydrogens is 268 g/mol. The van der Waals surface area contributed by atoms with Gasteiger partial charge in [-0.1, -0.05) is 24.3 Å².